The van der Waals surface area contributed by atoms with E-state index in [1.807, 2.05) is 4.72 Å². The van der Waals surface area contributed by atoms with E-state index in [1.165, 1.54) is 0 Å². The van der Waals surface area contributed by atoms with Crippen LogP contribution in [0.25, 0.3) is 0 Å². The summed E-state index contributed by atoms with van der Waals surface area (Å²) in [5.41, 5.74) is -0.557. The lowest BCUT2D eigenvalue weighted by molar-refractivity contribution is 0.509. The Bertz CT molecular complexity index is 534. The van der Waals surface area contributed by atoms with Gasteiger partial charge >= 0.3 is 0 Å². The van der Waals surface area contributed by atoms with Crippen molar-refractivity contribution in [1.82, 2.24) is 0 Å². The van der Waals surface area contributed by atoms with Crippen LogP contribution in [0.3, 0.4) is 0 Å². The molecule has 0 atom stereocenters. The minimum atomic E-state index is -3.63. The van der Waals surface area contributed by atoms with Crippen molar-refractivity contribution in [2.45, 2.75) is 0 Å². The molecule has 0 aromatic heterocycles. The van der Waals surface area contributed by atoms with Gasteiger partial charge in [-0.1, -0.05) is 0 Å². The fourth-order valence-corrected chi connectivity index (χ4v) is 1.49. The second kappa shape index (κ2) is 3.82. The van der Waals surface area contributed by atoms with Gasteiger partial charge in [-0.2, -0.15) is 5.26 Å². The van der Waals surface area contributed by atoms with Crippen molar-refractivity contribution >= 4 is 15.7 Å². The second-order valence-corrected chi connectivity index (χ2v) is 4.55. The van der Waals surface area contributed by atoms with Crippen LogP contribution in [-0.2, 0) is 10.0 Å². The summed E-state index contributed by atoms with van der Waals surface area (Å²) < 4.78 is 49.0. The van der Waals surface area contributed by atoms with Gasteiger partial charge in [0, 0.05) is 6.07 Å². The topological polar surface area (TPSA) is 70.0 Å². The molecule has 0 fully saturated rings. The zero-order valence-corrected chi connectivity index (χ0v) is 8.40. The van der Waals surface area contributed by atoms with Crippen molar-refractivity contribution in [3.05, 3.63) is 29.3 Å². The van der Waals surface area contributed by atoms with Gasteiger partial charge in [0.2, 0.25) is 10.0 Å². The number of hydrogen-bond donors (Lipinski definition) is 1. The number of nitriles is 1. The summed E-state index contributed by atoms with van der Waals surface area (Å²) in [7, 11) is -3.63. The zero-order chi connectivity index (χ0) is 11.6. The third-order valence-corrected chi connectivity index (χ3v) is 2.07. The van der Waals surface area contributed by atoms with Crippen LogP contribution >= 0.6 is 0 Å². The molecule has 15 heavy (non-hydrogen) atoms. The molecule has 1 aromatic carbocycles. The van der Waals surface area contributed by atoms with Gasteiger partial charge in [0.05, 0.1) is 17.5 Å². The highest BCUT2D eigenvalue weighted by Gasteiger charge is 2.12. The Labute approximate surface area is 85.2 Å². The van der Waals surface area contributed by atoms with E-state index >= 15 is 0 Å². The minimum Gasteiger partial charge on any atom is -0.282 e. The Kier molecular flexibility index (Phi) is 2.90. The predicted molar refractivity (Wildman–Crippen MR) is 49.5 cm³/mol. The average Bonchev–Trinajstić information content (AvgIpc) is 2.08. The van der Waals surface area contributed by atoms with Crippen molar-refractivity contribution in [2.24, 2.45) is 0 Å². The molecular formula is C8H6F2N2O2S. The van der Waals surface area contributed by atoms with E-state index < -0.39 is 21.7 Å². The summed E-state index contributed by atoms with van der Waals surface area (Å²) in [4.78, 5) is 0. The number of sulfonamides is 1. The summed E-state index contributed by atoms with van der Waals surface area (Å²) in [5.74, 6) is -2.43. The number of anilines is 1. The van der Waals surface area contributed by atoms with Gasteiger partial charge in [0.1, 0.15) is 6.07 Å². The van der Waals surface area contributed by atoms with Crippen molar-refractivity contribution in [3.8, 4) is 6.07 Å². The molecule has 7 heteroatoms. The summed E-state index contributed by atoms with van der Waals surface area (Å²) in [6.07, 6.45) is 0.843. The van der Waals surface area contributed by atoms with Crippen LogP contribution in [-0.4, -0.2) is 14.7 Å². The molecule has 0 bridgehead atoms. The highest BCUT2D eigenvalue weighted by molar-refractivity contribution is 7.92. The molecular weight excluding hydrogens is 226 g/mol. The lowest BCUT2D eigenvalue weighted by Gasteiger charge is -2.06. The fourth-order valence-electron chi connectivity index (χ4n) is 0.924. The monoisotopic (exact) mass is 232 g/mol. The third-order valence-electron chi connectivity index (χ3n) is 1.48. The molecule has 0 spiro atoms. The van der Waals surface area contributed by atoms with Crippen LogP contribution in [0.5, 0.6) is 0 Å². The summed E-state index contributed by atoms with van der Waals surface area (Å²) >= 11 is 0. The fraction of sp³-hybridized carbons (Fsp3) is 0.125. The van der Waals surface area contributed by atoms with Gasteiger partial charge in [0.15, 0.2) is 11.6 Å². The number of nitrogens with zero attached hydrogens (tertiary/aromatic N) is 1. The van der Waals surface area contributed by atoms with Crippen molar-refractivity contribution < 1.29 is 17.2 Å². The molecule has 1 N–H and O–H groups in total. The zero-order valence-electron chi connectivity index (χ0n) is 7.58. The average molecular weight is 232 g/mol. The molecule has 0 radical (unpaired) electrons. The van der Waals surface area contributed by atoms with E-state index in [9.17, 15) is 17.2 Å². The van der Waals surface area contributed by atoms with Gasteiger partial charge in [-0.25, -0.2) is 17.2 Å². The Morgan fingerprint density at radius 1 is 1.33 bits per heavy atom. The molecule has 0 unspecified atom stereocenters. The standard InChI is InChI=1S/C8H6F2N2O2S/c1-15(13,14)12-8-3-7(10)6(9)2-5(8)4-11/h2-3,12H,1H3. The predicted octanol–water partition coefficient (Wildman–Crippen LogP) is 1.21. The molecule has 4 nitrogen and oxygen atoms in total. The SMILES string of the molecule is CS(=O)(=O)Nc1cc(F)c(F)cc1C#N. The van der Waals surface area contributed by atoms with Crippen molar-refractivity contribution in [2.75, 3.05) is 11.0 Å². The van der Waals surface area contributed by atoms with Crippen LogP contribution in [0.1, 0.15) is 5.56 Å². The molecule has 0 amide bonds. The van der Waals surface area contributed by atoms with E-state index in [0.717, 1.165) is 6.26 Å². The van der Waals surface area contributed by atoms with Gasteiger partial charge in [-0.15, -0.1) is 0 Å². The van der Waals surface area contributed by atoms with Crippen molar-refractivity contribution in [1.29, 1.82) is 5.26 Å². The lowest BCUT2D eigenvalue weighted by Crippen LogP contribution is -2.11. The van der Waals surface area contributed by atoms with Gasteiger partial charge < -0.3 is 0 Å². The van der Waals surface area contributed by atoms with Gasteiger partial charge in [0.25, 0.3) is 0 Å². The lowest BCUT2D eigenvalue weighted by atomic mass is 10.2. The molecule has 0 aliphatic rings. The highest BCUT2D eigenvalue weighted by atomic mass is 32.2. The maximum atomic E-state index is 12.8. The highest BCUT2D eigenvalue weighted by Crippen LogP contribution is 2.19. The molecule has 0 saturated carbocycles. The Hall–Kier alpha value is -1.68. The molecule has 0 aliphatic heterocycles. The Morgan fingerprint density at radius 2 is 1.87 bits per heavy atom. The minimum absolute atomic E-state index is 0.278. The molecule has 0 heterocycles. The Morgan fingerprint density at radius 3 is 2.33 bits per heavy atom. The van der Waals surface area contributed by atoms with E-state index in [1.54, 1.807) is 6.07 Å². The van der Waals surface area contributed by atoms with E-state index in [4.69, 9.17) is 5.26 Å². The maximum Gasteiger partial charge on any atom is 0.229 e. The number of benzene rings is 1. The first kappa shape index (κ1) is 11.4. The van der Waals surface area contributed by atoms with Crippen LogP contribution in [0.2, 0.25) is 0 Å². The third kappa shape index (κ3) is 2.89. The van der Waals surface area contributed by atoms with Gasteiger partial charge in [-0.3, -0.25) is 4.72 Å². The quantitative estimate of drug-likeness (QED) is 0.833. The number of halogens is 2. The normalized spacial score (nSPS) is 10.8. The van der Waals surface area contributed by atoms with E-state index in [-0.39, 0.29) is 11.3 Å². The molecule has 80 valence electrons. The smallest absolute Gasteiger partial charge is 0.229 e. The first-order chi connectivity index (χ1) is 6.83. The molecule has 1 rings (SSSR count). The van der Waals surface area contributed by atoms with E-state index in [2.05, 4.69) is 0 Å². The van der Waals surface area contributed by atoms with E-state index in [0.29, 0.717) is 12.1 Å². The molecule has 0 aliphatic carbocycles. The first-order valence-corrected chi connectivity index (χ1v) is 5.59. The molecule has 0 saturated heterocycles. The van der Waals surface area contributed by atoms with Crippen molar-refractivity contribution in [3.63, 3.8) is 0 Å². The molecule has 1 aromatic rings. The second-order valence-electron chi connectivity index (χ2n) is 2.80. The van der Waals surface area contributed by atoms with Crippen LogP contribution in [0.15, 0.2) is 12.1 Å². The number of hydrogen-bond acceptors (Lipinski definition) is 3. The summed E-state index contributed by atoms with van der Waals surface area (Å²) in [5, 5.41) is 8.56. The first-order valence-electron chi connectivity index (χ1n) is 3.70. The Balaban J connectivity index is 3.30. The summed E-state index contributed by atoms with van der Waals surface area (Å²) in [6.45, 7) is 0. The maximum absolute atomic E-state index is 12.8. The van der Waals surface area contributed by atoms with Crippen LogP contribution in [0.4, 0.5) is 14.5 Å². The van der Waals surface area contributed by atoms with Crippen LogP contribution < -0.4 is 4.72 Å². The van der Waals surface area contributed by atoms with Gasteiger partial charge in [-0.05, 0) is 6.07 Å². The van der Waals surface area contributed by atoms with Crippen LogP contribution in [0, 0.1) is 23.0 Å². The number of nitrogens with one attached hydrogen (secondary N) is 1. The largest absolute Gasteiger partial charge is 0.282 e. The summed E-state index contributed by atoms with van der Waals surface area (Å²) in [6, 6.07) is 2.80. The number of rotatable bonds is 2.